The zero-order chi connectivity index (χ0) is 18.9. The van der Waals surface area contributed by atoms with Gasteiger partial charge in [0, 0.05) is 30.7 Å². The van der Waals surface area contributed by atoms with Gasteiger partial charge in [0.15, 0.2) is 0 Å². The smallest absolute Gasteiger partial charge is 0.276 e. The molecule has 1 aromatic carbocycles. The topological polar surface area (TPSA) is 74.7 Å². The first kappa shape index (κ1) is 18.0. The Morgan fingerprint density at radius 1 is 1.33 bits per heavy atom. The van der Waals surface area contributed by atoms with E-state index in [4.69, 9.17) is 9.94 Å². The van der Waals surface area contributed by atoms with Crippen molar-refractivity contribution in [2.24, 2.45) is 5.92 Å². The number of hydrogen-bond donors (Lipinski definition) is 2. The van der Waals surface area contributed by atoms with Crippen LogP contribution >= 0.6 is 0 Å². The lowest BCUT2D eigenvalue weighted by atomic mass is 9.99. The maximum atomic E-state index is 14.6. The third-order valence-electron chi connectivity index (χ3n) is 5.45. The Hall–Kier alpha value is -2.35. The number of hydrogen-bond acceptors (Lipinski definition) is 5. The molecule has 1 aromatic heterocycles. The molecule has 2 aromatic rings. The van der Waals surface area contributed by atoms with Crippen molar-refractivity contribution in [2.45, 2.75) is 24.9 Å². The van der Waals surface area contributed by atoms with Gasteiger partial charge in [0.05, 0.1) is 24.5 Å². The van der Waals surface area contributed by atoms with Gasteiger partial charge in [0.1, 0.15) is 5.82 Å². The number of amides is 1. The minimum absolute atomic E-state index is 0.0121. The largest absolute Gasteiger partial charge is 0.381 e. The van der Waals surface area contributed by atoms with Crippen molar-refractivity contribution in [1.29, 1.82) is 0 Å². The van der Waals surface area contributed by atoms with Gasteiger partial charge in [0.25, 0.3) is 5.91 Å². The van der Waals surface area contributed by atoms with Gasteiger partial charge in [-0.05, 0) is 24.5 Å². The molecule has 1 saturated carbocycles. The number of rotatable bonds is 7. The first-order valence-corrected chi connectivity index (χ1v) is 9.09. The average molecular weight is 371 g/mol. The van der Waals surface area contributed by atoms with Gasteiger partial charge >= 0.3 is 0 Å². The van der Waals surface area contributed by atoms with Crippen molar-refractivity contribution < 1.29 is 19.1 Å². The molecule has 2 heterocycles. The van der Waals surface area contributed by atoms with E-state index in [-0.39, 0.29) is 11.1 Å². The number of aromatic nitrogens is 1. The summed E-state index contributed by atoms with van der Waals surface area (Å²) in [5.41, 5.74) is 2.93. The Morgan fingerprint density at radius 2 is 2.07 bits per heavy atom. The highest BCUT2D eigenvalue weighted by Gasteiger charge is 2.50. The van der Waals surface area contributed by atoms with Gasteiger partial charge in [-0.25, -0.2) is 9.87 Å². The molecule has 1 amide bonds. The molecule has 1 aliphatic heterocycles. The van der Waals surface area contributed by atoms with Crippen LogP contribution in [-0.4, -0.2) is 40.8 Å². The summed E-state index contributed by atoms with van der Waals surface area (Å²) in [5, 5.41) is 8.70. The number of benzene rings is 1. The fourth-order valence-electron chi connectivity index (χ4n) is 3.70. The van der Waals surface area contributed by atoms with Crippen LogP contribution in [0.25, 0.3) is 0 Å². The molecule has 0 bridgehead atoms. The number of nitrogens with zero attached hydrogens (tertiary/aromatic N) is 2. The number of carbonyl (C=O) groups excluding carboxylic acids is 1. The summed E-state index contributed by atoms with van der Waals surface area (Å²) in [6, 6.07) is 11.4. The molecule has 27 heavy (non-hydrogen) atoms. The molecule has 1 aliphatic carbocycles. The first-order chi connectivity index (χ1) is 13.1. The SMILES string of the molecule is O=C(NO)c1cnc(CN(CC2COC2)C2(c3ccccc3)CC2)c(F)c1. The number of halogens is 1. The fraction of sp³-hybridized carbons (Fsp3) is 0.400. The number of carbonyl (C=O) groups is 1. The highest BCUT2D eigenvalue weighted by molar-refractivity contribution is 5.92. The zero-order valence-electron chi connectivity index (χ0n) is 14.9. The second-order valence-corrected chi connectivity index (χ2v) is 7.28. The third kappa shape index (κ3) is 3.58. The van der Waals surface area contributed by atoms with Crippen molar-refractivity contribution >= 4 is 5.91 Å². The number of nitrogens with one attached hydrogen (secondary N) is 1. The second kappa shape index (κ2) is 7.34. The number of ether oxygens (including phenoxy) is 1. The van der Waals surface area contributed by atoms with E-state index in [0.29, 0.717) is 18.2 Å². The van der Waals surface area contributed by atoms with E-state index in [0.717, 1.165) is 38.7 Å². The van der Waals surface area contributed by atoms with E-state index in [1.807, 2.05) is 18.2 Å². The normalized spacial score (nSPS) is 18.2. The summed E-state index contributed by atoms with van der Waals surface area (Å²) < 4.78 is 19.9. The Balaban J connectivity index is 1.60. The monoisotopic (exact) mass is 371 g/mol. The van der Waals surface area contributed by atoms with Crippen LogP contribution in [0.1, 0.15) is 34.5 Å². The summed E-state index contributed by atoms with van der Waals surface area (Å²) in [4.78, 5) is 17.9. The summed E-state index contributed by atoms with van der Waals surface area (Å²) in [6.07, 6.45) is 3.34. The molecule has 7 heteroatoms. The van der Waals surface area contributed by atoms with Crippen molar-refractivity contribution in [3.63, 3.8) is 0 Å². The predicted octanol–water partition coefficient (Wildman–Crippen LogP) is 2.48. The highest BCUT2D eigenvalue weighted by atomic mass is 19.1. The summed E-state index contributed by atoms with van der Waals surface area (Å²) in [5.74, 6) is -0.886. The standard InChI is InChI=1S/C20H22FN3O3/c21-17-8-15(19(25)23-26)9-22-18(17)11-24(10-14-12-27-13-14)20(6-7-20)16-4-2-1-3-5-16/h1-5,8-9,14,26H,6-7,10-13H2,(H,23,25). The van der Waals surface area contributed by atoms with Crippen LogP contribution in [0.15, 0.2) is 42.6 Å². The molecular weight excluding hydrogens is 349 g/mol. The van der Waals surface area contributed by atoms with Crippen LogP contribution in [0.2, 0.25) is 0 Å². The molecule has 2 fully saturated rings. The molecule has 0 unspecified atom stereocenters. The predicted molar refractivity (Wildman–Crippen MR) is 95.5 cm³/mol. The highest BCUT2D eigenvalue weighted by Crippen LogP contribution is 2.52. The molecule has 0 spiro atoms. The molecule has 142 valence electrons. The molecule has 6 nitrogen and oxygen atoms in total. The van der Waals surface area contributed by atoms with Gasteiger partial charge in [0.2, 0.25) is 0 Å². The van der Waals surface area contributed by atoms with Crippen molar-refractivity contribution in [3.05, 3.63) is 65.2 Å². The second-order valence-electron chi connectivity index (χ2n) is 7.28. The molecule has 4 rings (SSSR count). The lowest BCUT2D eigenvalue weighted by Crippen LogP contribution is -2.44. The molecule has 0 radical (unpaired) electrons. The Labute approximate surface area is 156 Å². The minimum atomic E-state index is -0.778. The minimum Gasteiger partial charge on any atom is -0.381 e. The van der Waals surface area contributed by atoms with Crippen LogP contribution in [0.4, 0.5) is 4.39 Å². The molecule has 1 saturated heterocycles. The van der Waals surface area contributed by atoms with E-state index >= 15 is 0 Å². The lowest BCUT2D eigenvalue weighted by molar-refractivity contribution is -0.0560. The lowest BCUT2D eigenvalue weighted by Gasteiger charge is -2.38. The number of hydroxylamine groups is 1. The van der Waals surface area contributed by atoms with Crippen LogP contribution in [0.3, 0.4) is 0 Å². The summed E-state index contributed by atoms with van der Waals surface area (Å²) in [7, 11) is 0. The Kier molecular flexibility index (Phi) is 4.90. The van der Waals surface area contributed by atoms with Crippen LogP contribution in [0.5, 0.6) is 0 Å². The van der Waals surface area contributed by atoms with E-state index in [1.165, 1.54) is 17.2 Å². The quantitative estimate of drug-likeness (QED) is 0.578. The molecule has 0 atom stereocenters. The maximum Gasteiger partial charge on any atom is 0.276 e. The fourth-order valence-corrected chi connectivity index (χ4v) is 3.70. The zero-order valence-corrected chi connectivity index (χ0v) is 14.9. The van der Waals surface area contributed by atoms with Gasteiger partial charge in [-0.1, -0.05) is 30.3 Å². The maximum absolute atomic E-state index is 14.6. The van der Waals surface area contributed by atoms with Gasteiger partial charge in [-0.3, -0.25) is 19.9 Å². The van der Waals surface area contributed by atoms with Crippen LogP contribution < -0.4 is 5.48 Å². The molecular formula is C20H22FN3O3. The summed E-state index contributed by atoms with van der Waals surface area (Å²) in [6.45, 7) is 2.63. The first-order valence-electron chi connectivity index (χ1n) is 9.09. The van der Waals surface area contributed by atoms with E-state index in [9.17, 15) is 9.18 Å². The van der Waals surface area contributed by atoms with E-state index in [1.54, 1.807) is 0 Å². The average Bonchev–Trinajstić information content (AvgIpc) is 3.46. The Morgan fingerprint density at radius 3 is 2.63 bits per heavy atom. The molecule has 2 aliphatic rings. The number of pyridine rings is 1. The summed E-state index contributed by atoms with van der Waals surface area (Å²) >= 11 is 0. The third-order valence-corrected chi connectivity index (χ3v) is 5.45. The molecule has 2 N–H and O–H groups in total. The van der Waals surface area contributed by atoms with Gasteiger partial charge in [-0.2, -0.15) is 0 Å². The van der Waals surface area contributed by atoms with Crippen LogP contribution in [-0.2, 0) is 16.8 Å². The van der Waals surface area contributed by atoms with Gasteiger partial charge < -0.3 is 4.74 Å². The van der Waals surface area contributed by atoms with Crippen molar-refractivity contribution in [2.75, 3.05) is 19.8 Å². The van der Waals surface area contributed by atoms with Crippen molar-refractivity contribution in [1.82, 2.24) is 15.4 Å². The van der Waals surface area contributed by atoms with Gasteiger partial charge in [-0.15, -0.1) is 0 Å². The van der Waals surface area contributed by atoms with E-state index < -0.39 is 11.7 Å². The van der Waals surface area contributed by atoms with E-state index in [2.05, 4.69) is 22.0 Å². The van der Waals surface area contributed by atoms with Crippen molar-refractivity contribution in [3.8, 4) is 0 Å². The Bertz CT molecular complexity index is 822. The van der Waals surface area contributed by atoms with Crippen LogP contribution in [0, 0.1) is 11.7 Å².